The third-order valence-corrected chi connectivity index (χ3v) is 5.48. The summed E-state index contributed by atoms with van der Waals surface area (Å²) in [5.74, 6) is -0.739. The predicted octanol–water partition coefficient (Wildman–Crippen LogP) is 2.88. The lowest BCUT2D eigenvalue weighted by atomic mass is 10.1. The van der Waals surface area contributed by atoms with Crippen LogP contribution in [-0.4, -0.2) is 53.6 Å². The fraction of sp³-hybridized carbons (Fsp3) is 0.643. The Kier molecular flexibility index (Phi) is 6.01. The van der Waals surface area contributed by atoms with E-state index in [2.05, 4.69) is 32.3 Å². The number of aliphatic carboxylic acids is 1. The normalized spacial score (nSPS) is 21.1. The van der Waals surface area contributed by atoms with E-state index < -0.39 is 5.97 Å². The molecule has 2 heterocycles. The molecule has 20 heavy (non-hydrogen) atoms. The summed E-state index contributed by atoms with van der Waals surface area (Å²) in [6.07, 6.45) is 3.28. The lowest BCUT2D eigenvalue weighted by Gasteiger charge is -2.25. The first kappa shape index (κ1) is 15.9. The molecule has 1 aromatic rings. The van der Waals surface area contributed by atoms with Crippen LogP contribution in [0, 0.1) is 0 Å². The molecule has 0 radical (unpaired) electrons. The van der Waals surface area contributed by atoms with Crippen LogP contribution >= 0.6 is 27.3 Å². The molecule has 0 saturated carbocycles. The summed E-state index contributed by atoms with van der Waals surface area (Å²) in [6, 6.07) is 2.58. The number of carboxylic acid groups (broad SMARTS) is 1. The Morgan fingerprint density at radius 3 is 3.00 bits per heavy atom. The first-order chi connectivity index (χ1) is 9.54. The molecule has 0 aromatic carbocycles. The molecule has 112 valence electrons. The zero-order valence-electron chi connectivity index (χ0n) is 11.7. The third kappa shape index (κ3) is 4.84. The number of carboxylic acids is 1. The lowest BCUT2D eigenvalue weighted by Crippen LogP contribution is -2.36. The van der Waals surface area contributed by atoms with Gasteiger partial charge in [-0.2, -0.15) is 0 Å². The van der Waals surface area contributed by atoms with Gasteiger partial charge in [-0.3, -0.25) is 14.6 Å². The number of hydrogen-bond donors (Lipinski definition) is 1. The van der Waals surface area contributed by atoms with Crippen LogP contribution in [0.15, 0.2) is 15.9 Å². The van der Waals surface area contributed by atoms with E-state index >= 15 is 0 Å². The molecule has 1 N–H and O–H groups in total. The van der Waals surface area contributed by atoms with Gasteiger partial charge in [-0.1, -0.05) is 0 Å². The summed E-state index contributed by atoms with van der Waals surface area (Å²) in [6.45, 7) is 3.30. The van der Waals surface area contributed by atoms with Crippen molar-refractivity contribution in [2.75, 3.05) is 26.7 Å². The van der Waals surface area contributed by atoms with E-state index in [0.717, 1.165) is 43.4 Å². The molecule has 0 aliphatic carbocycles. The van der Waals surface area contributed by atoms with Crippen molar-refractivity contribution < 1.29 is 9.90 Å². The minimum Gasteiger partial charge on any atom is -0.480 e. The van der Waals surface area contributed by atoms with Gasteiger partial charge in [0.05, 0.1) is 6.54 Å². The third-order valence-electron chi connectivity index (χ3n) is 3.80. The van der Waals surface area contributed by atoms with Gasteiger partial charge in [0.2, 0.25) is 0 Å². The van der Waals surface area contributed by atoms with Crippen molar-refractivity contribution in [1.82, 2.24) is 9.80 Å². The second-order valence-corrected chi connectivity index (χ2v) is 7.31. The second-order valence-electron chi connectivity index (χ2n) is 5.40. The molecule has 0 amide bonds. The molecule has 2 rings (SSSR count). The van der Waals surface area contributed by atoms with E-state index in [-0.39, 0.29) is 6.54 Å². The number of nitrogens with zero attached hydrogens (tertiary/aromatic N) is 2. The van der Waals surface area contributed by atoms with Gasteiger partial charge in [0.25, 0.3) is 0 Å². The van der Waals surface area contributed by atoms with E-state index in [9.17, 15) is 4.79 Å². The summed E-state index contributed by atoms with van der Waals surface area (Å²) >= 11 is 5.28. The fourth-order valence-electron chi connectivity index (χ4n) is 2.74. The predicted molar refractivity (Wildman–Crippen MR) is 85.2 cm³/mol. The van der Waals surface area contributed by atoms with Gasteiger partial charge in [-0.15, -0.1) is 11.3 Å². The van der Waals surface area contributed by atoms with Crippen molar-refractivity contribution in [3.05, 3.63) is 20.8 Å². The monoisotopic (exact) mass is 360 g/mol. The van der Waals surface area contributed by atoms with Gasteiger partial charge >= 0.3 is 5.97 Å². The fourth-order valence-corrected chi connectivity index (χ4v) is 4.23. The summed E-state index contributed by atoms with van der Waals surface area (Å²) in [4.78, 5) is 16.6. The standard InChI is InChI=1S/C14H21BrN2O2S/c1-16(9-14(18)19)12-3-2-5-17(6-4-12)8-13-7-11(15)10-20-13/h7,10,12H,2-6,8-9H2,1H3,(H,18,19). The van der Waals surface area contributed by atoms with Crippen molar-refractivity contribution in [2.24, 2.45) is 0 Å². The van der Waals surface area contributed by atoms with Gasteiger partial charge in [0.1, 0.15) is 0 Å². The van der Waals surface area contributed by atoms with E-state index in [0.29, 0.717) is 6.04 Å². The molecule has 1 atom stereocenters. The number of carbonyl (C=O) groups is 1. The maximum absolute atomic E-state index is 10.8. The summed E-state index contributed by atoms with van der Waals surface area (Å²) < 4.78 is 1.16. The number of hydrogen-bond acceptors (Lipinski definition) is 4. The number of thiophene rings is 1. The largest absolute Gasteiger partial charge is 0.480 e. The Labute approximate surface area is 132 Å². The molecule has 1 aromatic heterocycles. The van der Waals surface area contributed by atoms with Gasteiger partial charge in [0.15, 0.2) is 0 Å². The molecule has 1 fully saturated rings. The molecule has 1 aliphatic rings. The van der Waals surface area contributed by atoms with Gasteiger partial charge < -0.3 is 5.11 Å². The molecule has 1 aliphatic heterocycles. The minimum absolute atomic E-state index is 0.141. The molecule has 6 heteroatoms. The number of rotatable bonds is 5. The molecule has 4 nitrogen and oxygen atoms in total. The molecular weight excluding hydrogens is 340 g/mol. The van der Waals surface area contributed by atoms with Crippen LogP contribution in [0.4, 0.5) is 0 Å². The zero-order chi connectivity index (χ0) is 14.5. The Bertz CT molecular complexity index is 452. The van der Waals surface area contributed by atoms with Crippen LogP contribution < -0.4 is 0 Å². The van der Waals surface area contributed by atoms with Crippen molar-refractivity contribution in [3.63, 3.8) is 0 Å². The van der Waals surface area contributed by atoms with Crippen molar-refractivity contribution in [2.45, 2.75) is 31.8 Å². The Morgan fingerprint density at radius 2 is 2.35 bits per heavy atom. The number of halogens is 1. The van der Waals surface area contributed by atoms with Crippen LogP contribution in [-0.2, 0) is 11.3 Å². The van der Waals surface area contributed by atoms with Crippen LogP contribution in [0.5, 0.6) is 0 Å². The molecule has 1 unspecified atom stereocenters. The van der Waals surface area contributed by atoms with Crippen molar-refractivity contribution >= 4 is 33.2 Å². The smallest absolute Gasteiger partial charge is 0.317 e. The second kappa shape index (κ2) is 7.54. The first-order valence-corrected chi connectivity index (χ1v) is 8.59. The van der Waals surface area contributed by atoms with E-state index in [1.165, 1.54) is 4.88 Å². The van der Waals surface area contributed by atoms with Crippen LogP contribution in [0.25, 0.3) is 0 Å². The number of likely N-dealkylation sites (tertiary alicyclic amines) is 1. The highest BCUT2D eigenvalue weighted by Gasteiger charge is 2.21. The molecule has 0 spiro atoms. The highest BCUT2D eigenvalue weighted by molar-refractivity contribution is 9.10. The minimum atomic E-state index is -0.739. The SMILES string of the molecule is CN(CC(=O)O)C1CCCN(Cc2cc(Br)cs2)CC1. The van der Waals surface area contributed by atoms with Crippen molar-refractivity contribution in [1.29, 1.82) is 0 Å². The summed E-state index contributed by atoms with van der Waals surface area (Å²) in [5, 5.41) is 11.0. The van der Waals surface area contributed by atoms with E-state index in [4.69, 9.17) is 5.11 Å². The zero-order valence-corrected chi connectivity index (χ0v) is 14.1. The lowest BCUT2D eigenvalue weighted by molar-refractivity contribution is -0.138. The Hall–Kier alpha value is -0.430. The highest BCUT2D eigenvalue weighted by Crippen LogP contribution is 2.23. The van der Waals surface area contributed by atoms with E-state index in [1.807, 2.05) is 11.9 Å². The Balaban J connectivity index is 1.84. The highest BCUT2D eigenvalue weighted by atomic mass is 79.9. The Morgan fingerprint density at radius 1 is 1.55 bits per heavy atom. The average molecular weight is 361 g/mol. The van der Waals surface area contributed by atoms with Crippen molar-refractivity contribution in [3.8, 4) is 0 Å². The topological polar surface area (TPSA) is 43.8 Å². The average Bonchev–Trinajstić information content (AvgIpc) is 2.63. The molecular formula is C14H21BrN2O2S. The number of likely N-dealkylation sites (N-methyl/N-ethyl adjacent to an activating group) is 1. The van der Waals surface area contributed by atoms with Crippen LogP contribution in [0.2, 0.25) is 0 Å². The van der Waals surface area contributed by atoms with Gasteiger partial charge in [0, 0.05) is 33.9 Å². The maximum atomic E-state index is 10.8. The summed E-state index contributed by atoms with van der Waals surface area (Å²) in [5.41, 5.74) is 0. The van der Waals surface area contributed by atoms with Crippen LogP contribution in [0.3, 0.4) is 0 Å². The van der Waals surface area contributed by atoms with Gasteiger partial charge in [-0.25, -0.2) is 0 Å². The first-order valence-electron chi connectivity index (χ1n) is 6.92. The summed E-state index contributed by atoms with van der Waals surface area (Å²) in [7, 11) is 1.92. The van der Waals surface area contributed by atoms with Crippen LogP contribution in [0.1, 0.15) is 24.1 Å². The molecule has 1 saturated heterocycles. The van der Waals surface area contributed by atoms with Gasteiger partial charge in [-0.05, 0) is 54.9 Å². The van der Waals surface area contributed by atoms with E-state index in [1.54, 1.807) is 11.3 Å². The quantitative estimate of drug-likeness (QED) is 0.876. The molecule has 0 bridgehead atoms. The maximum Gasteiger partial charge on any atom is 0.317 e.